The first-order valence-electron chi connectivity index (χ1n) is 12.9. The van der Waals surface area contributed by atoms with Crippen LogP contribution in [-0.4, -0.2) is 25.4 Å². The molecule has 7 rings (SSSR count). The van der Waals surface area contributed by atoms with Crippen molar-refractivity contribution < 1.29 is 60.6 Å². The molecule has 1 fully saturated rings. The third kappa shape index (κ3) is 11.1. The van der Waals surface area contributed by atoms with Gasteiger partial charge in [-0.3, -0.25) is 9.05 Å². The molecule has 1 saturated heterocycles. The fourth-order valence-electron chi connectivity index (χ4n) is 4.03. The summed E-state index contributed by atoms with van der Waals surface area (Å²) < 4.78 is 65.5. The molecular formula is C26H30F2Fe2N3O4P5S2-8. The summed E-state index contributed by atoms with van der Waals surface area (Å²) in [6.07, 6.45) is 1.16. The Morgan fingerprint density at radius 2 is 1.09 bits per heavy atom. The summed E-state index contributed by atoms with van der Waals surface area (Å²) in [5.74, 6) is 0. The van der Waals surface area contributed by atoms with Crippen LogP contribution in [0.15, 0.2) is 123 Å². The number of rotatable bonds is 4. The van der Waals surface area contributed by atoms with Gasteiger partial charge in [0.1, 0.15) is 0 Å². The molecular weight excluding hydrogens is 787 g/mol. The average Bonchev–Trinajstić information content (AvgIpc) is 3.78. The largest absolute Gasteiger partial charge is 0.748 e. The zero-order valence-electron chi connectivity index (χ0n) is 23.1. The van der Waals surface area contributed by atoms with Gasteiger partial charge in [-0.1, -0.05) is 23.6 Å². The monoisotopic (exact) mass is 817 g/mol. The van der Waals surface area contributed by atoms with Crippen LogP contribution in [0, 0.1) is 0 Å². The average molecular weight is 817 g/mol. The quantitative estimate of drug-likeness (QED) is 0.116. The van der Waals surface area contributed by atoms with Crippen LogP contribution in [0.3, 0.4) is 0 Å². The van der Waals surface area contributed by atoms with Crippen molar-refractivity contribution in [2.45, 2.75) is 12.3 Å². The number of nitrogens with zero attached hydrogens (tertiary/aromatic N) is 3. The first-order chi connectivity index (χ1) is 20.1. The molecule has 0 aliphatic carbocycles. The third-order valence-electron chi connectivity index (χ3n) is 6.02. The number of fused-ring (bicyclic) bond motifs is 1. The first-order valence-corrected chi connectivity index (χ1v) is 24.1. The summed E-state index contributed by atoms with van der Waals surface area (Å²) in [6, 6.07) is 30.9. The fraction of sp³-hybridized carbons (Fsp3) is 0.231. The molecule has 4 aromatic carbocycles. The molecule has 0 amide bonds. The molecule has 1 spiro atoms. The molecule has 3 unspecified atom stereocenters. The van der Waals surface area contributed by atoms with E-state index in [1.165, 1.54) is 0 Å². The fourth-order valence-corrected chi connectivity index (χ4v) is 21.1. The van der Waals surface area contributed by atoms with Crippen LogP contribution in [0.25, 0.3) is 0 Å². The molecule has 0 saturated carbocycles. The second-order valence-corrected chi connectivity index (χ2v) is 26.3. The predicted octanol–water partition coefficient (Wildman–Crippen LogP) is 11.3. The van der Waals surface area contributed by atoms with E-state index in [-0.39, 0.29) is 59.5 Å². The van der Waals surface area contributed by atoms with Gasteiger partial charge in [0.05, 0.1) is 25.4 Å². The van der Waals surface area contributed by atoms with Crippen molar-refractivity contribution in [1.29, 1.82) is 0 Å². The van der Waals surface area contributed by atoms with E-state index in [0.717, 1.165) is 11.1 Å². The maximum Gasteiger partial charge on any atom is 0.387 e. The molecule has 3 aliphatic rings. The molecule has 4 aromatic rings. The zero-order chi connectivity index (χ0) is 29.6. The molecule has 44 heavy (non-hydrogen) atoms. The molecule has 0 N–H and O–H groups in total. The summed E-state index contributed by atoms with van der Waals surface area (Å²) in [5.41, 5.74) is 2.06. The van der Waals surface area contributed by atoms with Crippen molar-refractivity contribution >= 4 is 58.8 Å². The molecule has 248 valence electrons. The van der Waals surface area contributed by atoms with Crippen molar-refractivity contribution in [2.24, 2.45) is 13.5 Å². The molecule has 7 nitrogen and oxygen atoms in total. The van der Waals surface area contributed by atoms with Gasteiger partial charge in [0.2, 0.25) is 0 Å². The van der Waals surface area contributed by atoms with Gasteiger partial charge in [0.25, 0.3) is 0 Å². The van der Waals surface area contributed by atoms with Crippen molar-refractivity contribution in [3.8, 4) is 0 Å². The van der Waals surface area contributed by atoms with Crippen LogP contribution in [0.2, 0.25) is 0 Å². The van der Waals surface area contributed by atoms with Gasteiger partial charge in [-0.2, -0.15) is 68.7 Å². The van der Waals surface area contributed by atoms with Gasteiger partial charge in [0.15, 0.2) is 0 Å². The van der Waals surface area contributed by atoms with E-state index in [0.29, 0.717) is 12.3 Å². The third-order valence-corrected chi connectivity index (χ3v) is 20.3. The first kappa shape index (κ1) is 38.6. The van der Waals surface area contributed by atoms with Gasteiger partial charge in [-0.25, -0.2) is 36.4 Å². The smallest absolute Gasteiger partial charge is 0.387 e. The van der Waals surface area contributed by atoms with Gasteiger partial charge in [0, 0.05) is 40.2 Å². The van der Waals surface area contributed by atoms with Crippen molar-refractivity contribution in [2.75, 3.05) is 25.4 Å². The van der Waals surface area contributed by atoms with E-state index >= 15 is 8.39 Å². The maximum atomic E-state index is 15.7. The predicted molar refractivity (Wildman–Crippen MR) is 178 cm³/mol. The molecule has 3 aliphatic heterocycles. The molecule has 3 heterocycles. The Bertz CT molecular complexity index is 1590. The topological polar surface area (TPSA) is 74.0 Å². The SMILES string of the molecule is FP12=NP(F)(=NP3(=N1)OCP(=S)(C[c-]1cccc1)CO3)OCP(=S)(C[c-]1[cH-][cH-][cH-][cH-]1)CO2.[Fe].[Fe].c1cc[cH-]c1.c1cc[cH-]c1. The van der Waals surface area contributed by atoms with Crippen LogP contribution in [0.4, 0.5) is 8.39 Å². The number of hydrogen-bond acceptors (Lipinski definition) is 9. The van der Waals surface area contributed by atoms with Crippen LogP contribution in [-0.2, 0) is 88.2 Å². The summed E-state index contributed by atoms with van der Waals surface area (Å²) in [5, 5.41) is 0. The van der Waals surface area contributed by atoms with Crippen molar-refractivity contribution in [3.05, 3.63) is 120 Å². The Kier molecular flexibility index (Phi) is 14.9. The maximum absolute atomic E-state index is 15.7. The van der Waals surface area contributed by atoms with Crippen molar-refractivity contribution in [3.63, 3.8) is 0 Å². The zero-order valence-corrected chi connectivity index (χ0v) is 31.4. The van der Waals surface area contributed by atoms with Gasteiger partial charge < -0.3 is 38.9 Å². The van der Waals surface area contributed by atoms with Crippen molar-refractivity contribution in [1.82, 2.24) is 0 Å². The van der Waals surface area contributed by atoms with Gasteiger partial charge >= 0.3 is 23.1 Å². The van der Waals surface area contributed by atoms with Gasteiger partial charge in [-0.05, 0) is 12.2 Å². The second-order valence-electron chi connectivity index (χ2n) is 9.68. The number of halogens is 2. The summed E-state index contributed by atoms with van der Waals surface area (Å²) in [7, 11) is -12.4. The van der Waals surface area contributed by atoms with Crippen LogP contribution < -0.4 is 0 Å². The Balaban J connectivity index is 0.000000374. The van der Waals surface area contributed by atoms with Gasteiger partial charge in [-0.15, -0.1) is 13.5 Å². The Morgan fingerprint density at radius 3 is 1.57 bits per heavy atom. The summed E-state index contributed by atoms with van der Waals surface area (Å²) >= 11 is 11.5. The van der Waals surface area contributed by atoms with E-state index in [9.17, 15) is 0 Å². The molecule has 2 bridgehead atoms. The standard InChI is InChI=1S/C16H20F2N3O4P5S2.2C5H5.2Fe/c17-28-19-29(18,23-12-26(31,11-22-28)9-15-5-1-2-6-15)21-30(20-28)24-13-27(32,14-25-30)10-16-7-3-4-8-16;2*1-2-4-5-3-1;;/h1-8H,9-14H2;2*1-5H;;/q-6;2*-1;;. The Hall–Kier alpha value is 0.129. The minimum atomic E-state index is -4.41. The molecule has 0 radical (unpaired) electrons. The van der Waals surface area contributed by atoms with E-state index in [1.807, 2.05) is 109 Å². The molecule has 3 atom stereocenters. The summed E-state index contributed by atoms with van der Waals surface area (Å²) in [4.78, 5) is 0. The molecule has 18 heteroatoms. The second kappa shape index (κ2) is 17.0. The van der Waals surface area contributed by atoms with E-state index in [2.05, 4.69) is 13.5 Å². The van der Waals surface area contributed by atoms with E-state index in [4.69, 9.17) is 41.7 Å². The molecule has 0 aromatic heterocycles. The van der Waals surface area contributed by atoms with Crippen LogP contribution >= 0.6 is 35.2 Å². The van der Waals surface area contributed by atoms with E-state index in [1.54, 1.807) is 0 Å². The Labute approximate surface area is 289 Å². The van der Waals surface area contributed by atoms with Crippen LogP contribution in [0.1, 0.15) is 11.1 Å². The normalized spacial score (nSPS) is 32.1. The minimum Gasteiger partial charge on any atom is -0.748 e. The summed E-state index contributed by atoms with van der Waals surface area (Å²) in [6.45, 7) is 0. The van der Waals surface area contributed by atoms with E-state index < -0.39 is 35.2 Å². The van der Waals surface area contributed by atoms with Crippen LogP contribution in [0.5, 0.6) is 0 Å². The minimum absolute atomic E-state index is 0. The Morgan fingerprint density at radius 1 is 0.636 bits per heavy atom. The number of hydrogen-bond donors (Lipinski definition) is 0.